The minimum absolute atomic E-state index is 0.00215. The molecule has 2 aliphatic heterocycles. The number of likely N-dealkylation sites (tertiary alicyclic amines) is 1. The maximum atomic E-state index is 14.1. The van der Waals surface area contributed by atoms with Gasteiger partial charge in [-0.3, -0.25) is 14.3 Å². The normalized spacial score (nSPS) is 23.8. The standard InChI is InChI=1S/C29H38F2N8O2/c1-37-12-4-7-23(37)28(40)33-20-10-8-19(9-11-20)18-32-29-35-24(38-13-15-41-16-14-38)17-25(36-29)39-22-6-3-2-5-21(22)34-27(39)26(30)31/h2-3,5-6,17,19-20,23,26H,4,7-16,18H2,1H3,(H,33,40)(H,32,35,36)/t19?,20?,23-/m0/s1. The van der Waals surface area contributed by atoms with Crippen LogP contribution in [0.2, 0.25) is 0 Å². The third kappa shape index (κ3) is 6.13. The number of hydrogen-bond donors (Lipinski definition) is 2. The lowest BCUT2D eigenvalue weighted by Crippen LogP contribution is -2.47. The number of alkyl halides is 2. The minimum Gasteiger partial charge on any atom is -0.378 e. The van der Waals surface area contributed by atoms with Gasteiger partial charge in [-0.05, 0) is 70.2 Å². The van der Waals surface area contributed by atoms with Gasteiger partial charge in [0.2, 0.25) is 11.9 Å². The molecule has 4 heterocycles. The van der Waals surface area contributed by atoms with E-state index in [1.807, 2.05) is 13.1 Å². The van der Waals surface area contributed by atoms with Crippen LogP contribution in [0.25, 0.3) is 16.9 Å². The molecule has 1 aromatic carbocycles. The molecule has 1 atom stereocenters. The number of imidazole rings is 1. The number of anilines is 2. The predicted octanol–water partition coefficient (Wildman–Crippen LogP) is 3.77. The summed E-state index contributed by atoms with van der Waals surface area (Å²) in [4.78, 5) is 30.6. The van der Waals surface area contributed by atoms with Gasteiger partial charge in [-0.15, -0.1) is 0 Å². The number of morpholine rings is 1. The van der Waals surface area contributed by atoms with Crippen LogP contribution in [-0.4, -0.2) is 88.9 Å². The van der Waals surface area contributed by atoms with E-state index in [0.29, 0.717) is 67.4 Å². The number of nitrogens with zero attached hydrogens (tertiary/aromatic N) is 6. The highest BCUT2D eigenvalue weighted by Crippen LogP contribution is 2.30. The van der Waals surface area contributed by atoms with Gasteiger partial charge < -0.3 is 20.3 Å². The number of para-hydroxylation sites is 2. The summed E-state index contributed by atoms with van der Waals surface area (Å²) < 4.78 is 35.2. The van der Waals surface area contributed by atoms with Crippen LogP contribution in [0.3, 0.4) is 0 Å². The van der Waals surface area contributed by atoms with Crippen LogP contribution in [0.4, 0.5) is 20.5 Å². The van der Waals surface area contributed by atoms with Crippen LogP contribution in [0.5, 0.6) is 0 Å². The number of hydrogen-bond acceptors (Lipinski definition) is 8. The largest absolute Gasteiger partial charge is 0.378 e. The van der Waals surface area contributed by atoms with Gasteiger partial charge in [-0.1, -0.05) is 12.1 Å². The van der Waals surface area contributed by atoms with Crippen molar-refractivity contribution in [1.29, 1.82) is 0 Å². The molecule has 0 bridgehead atoms. The van der Waals surface area contributed by atoms with Gasteiger partial charge in [0.1, 0.15) is 11.6 Å². The molecule has 220 valence electrons. The molecule has 0 unspecified atom stereocenters. The average molecular weight is 569 g/mol. The molecule has 2 N–H and O–H groups in total. The van der Waals surface area contributed by atoms with Crippen LogP contribution >= 0.6 is 0 Å². The first kappa shape index (κ1) is 27.8. The molecule has 2 aromatic heterocycles. The zero-order chi connectivity index (χ0) is 28.3. The number of carbonyl (C=O) groups excluding carboxylic acids is 1. The van der Waals surface area contributed by atoms with E-state index in [-0.39, 0.29) is 23.8 Å². The van der Waals surface area contributed by atoms with Crippen molar-refractivity contribution in [3.63, 3.8) is 0 Å². The molecule has 0 spiro atoms. The fourth-order valence-corrected chi connectivity index (χ4v) is 6.29. The Kier molecular flexibility index (Phi) is 8.29. The number of benzene rings is 1. The molecule has 3 aromatic rings. The van der Waals surface area contributed by atoms with Crippen molar-refractivity contribution in [3.8, 4) is 5.82 Å². The predicted molar refractivity (Wildman–Crippen MR) is 153 cm³/mol. The van der Waals surface area contributed by atoms with Gasteiger partial charge in [0.15, 0.2) is 5.82 Å². The summed E-state index contributed by atoms with van der Waals surface area (Å²) in [5.74, 6) is 1.65. The fourth-order valence-electron chi connectivity index (χ4n) is 6.29. The van der Waals surface area contributed by atoms with E-state index in [1.165, 1.54) is 4.57 Å². The van der Waals surface area contributed by atoms with Crippen molar-refractivity contribution in [2.24, 2.45) is 5.92 Å². The Morgan fingerprint density at radius 2 is 1.78 bits per heavy atom. The van der Waals surface area contributed by atoms with Crippen molar-refractivity contribution in [3.05, 3.63) is 36.2 Å². The Hall–Kier alpha value is -3.38. The second-order valence-corrected chi connectivity index (χ2v) is 11.3. The molecular formula is C29H38F2N8O2. The molecule has 3 aliphatic rings. The topological polar surface area (TPSA) is 100 Å². The van der Waals surface area contributed by atoms with E-state index < -0.39 is 6.43 Å². The van der Waals surface area contributed by atoms with Gasteiger partial charge in [0.25, 0.3) is 6.43 Å². The molecule has 1 amide bonds. The first-order valence-corrected chi connectivity index (χ1v) is 14.7. The summed E-state index contributed by atoms with van der Waals surface area (Å²) in [5.41, 5.74) is 1.07. The average Bonchev–Trinajstić information content (AvgIpc) is 3.61. The Morgan fingerprint density at radius 3 is 2.51 bits per heavy atom. The van der Waals surface area contributed by atoms with Crippen molar-refractivity contribution in [1.82, 2.24) is 29.7 Å². The number of carbonyl (C=O) groups is 1. The lowest BCUT2D eigenvalue weighted by Gasteiger charge is -2.31. The summed E-state index contributed by atoms with van der Waals surface area (Å²) in [6.45, 7) is 4.13. The molecular weight excluding hydrogens is 530 g/mol. The number of fused-ring (bicyclic) bond motifs is 1. The molecule has 3 fully saturated rings. The summed E-state index contributed by atoms with van der Waals surface area (Å²) in [6.07, 6.45) is 3.09. The third-order valence-electron chi connectivity index (χ3n) is 8.61. The Balaban J connectivity index is 1.17. The van der Waals surface area contributed by atoms with Crippen LogP contribution in [0.15, 0.2) is 30.3 Å². The number of aromatic nitrogens is 4. The van der Waals surface area contributed by atoms with Crippen molar-refractivity contribution >= 4 is 28.7 Å². The highest BCUT2D eigenvalue weighted by molar-refractivity contribution is 5.82. The molecule has 41 heavy (non-hydrogen) atoms. The van der Waals surface area contributed by atoms with Gasteiger partial charge in [0, 0.05) is 31.7 Å². The molecule has 1 aliphatic carbocycles. The molecule has 6 rings (SSSR count). The highest BCUT2D eigenvalue weighted by Gasteiger charge is 2.31. The van der Waals surface area contributed by atoms with Crippen molar-refractivity contribution in [2.45, 2.75) is 57.0 Å². The monoisotopic (exact) mass is 568 g/mol. The number of likely N-dealkylation sites (N-methyl/N-ethyl adjacent to an activating group) is 1. The van der Waals surface area contributed by atoms with Gasteiger partial charge in [-0.25, -0.2) is 13.8 Å². The van der Waals surface area contributed by atoms with Crippen molar-refractivity contribution < 1.29 is 18.3 Å². The number of halogens is 2. The number of nitrogens with one attached hydrogen (secondary N) is 2. The van der Waals surface area contributed by atoms with E-state index in [2.05, 4.69) is 25.4 Å². The van der Waals surface area contributed by atoms with E-state index in [9.17, 15) is 13.6 Å². The first-order valence-electron chi connectivity index (χ1n) is 14.7. The van der Waals surface area contributed by atoms with Crippen LogP contribution in [0, 0.1) is 5.92 Å². The maximum absolute atomic E-state index is 14.1. The quantitative estimate of drug-likeness (QED) is 0.424. The molecule has 12 heteroatoms. The minimum atomic E-state index is -2.76. The SMILES string of the molecule is CN1CCC[C@H]1C(=O)NC1CCC(CNc2nc(N3CCOCC3)cc(-n3c(C(F)F)nc4ccccc43)n2)CC1. The third-order valence-corrected chi connectivity index (χ3v) is 8.61. The molecule has 1 saturated carbocycles. The van der Waals surface area contributed by atoms with Crippen molar-refractivity contribution in [2.75, 3.05) is 56.7 Å². The van der Waals surface area contributed by atoms with Crippen LogP contribution in [0.1, 0.15) is 50.8 Å². The van der Waals surface area contributed by atoms with E-state index >= 15 is 0 Å². The number of amides is 1. The summed E-state index contributed by atoms with van der Waals surface area (Å²) in [6, 6.07) is 9.07. The zero-order valence-electron chi connectivity index (χ0n) is 23.4. The van der Waals surface area contributed by atoms with Gasteiger partial charge in [-0.2, -0.15) is 9.97 Å². The molecule has 0 radical (unpaired) electrons. The Bertz CT molecular complexity index is 1350. The fraction of sp³-hybridized carbons (Fsp3) is 0.586. The highest BCUT2D eigenvalue weighted by atomic mass is 19.3. The van der Waals surface area contributed by atoms with E-state index in [4.69, 9.17) is 14.7 Å². The van der Waals surface area contributed by atoms with Gasteiger partial charge in [0.05, 0.1) is 30.3 Å². The Labute approximate surface area is 238 Å². The van der Waals surface area contributed by atoms with Crippen LogP contribution in [-0.2, 0) is 9.53 Å². The van der Waals surface area contributed by atoms with E-state index in [0.717, 1.165) is 45.1 Å². The summed E-state index contributed by atoms with van der Waals surface area (Å²) in [5, 5.41) is 6.67. The maximum Gasteiger partial charge on any atom is 0.296 e. The lowest BCUT2D eigenvalue weighted by atomic mass is 9.86. The molecule has 10 nitrogen and oxygen atoms in total. The lowest BCUT2D eigenvalue weighted by molar-refractivity contribution is -0.126. The Morgan fingerprint density at radius 1 is 1.02 bits per heavy atom. The smallest absolute Gasteiger partial charge is 0.296 e. The summed E-state index contributed by atoms with van der Waals surface area (Å²) in [7, 11) is 2.02. The zero-order valence-corrected chi connectivity index (χ0v) is 23.4. The number of rotatable bonds is 8. The van der Waals surface area contributed by atoms with Crippen LogP contribution < -0.4 is 15.5 Å². The van der Waals surface area contributed by atoms with E-state index in [1.54, 1.807) is 24.3 Å². The van der Waals surface area contributed by atoms with Gasteiger partial charge >= 0.3 is 0 Å². The second-order valence-electron chi connectivity index (χ2n) is 11.3. The molecule has 2 saturated heterocycles. The first-order chi connectivity index (χ1) is 20.0. The number of ether oxygens (including phenoxy) is 1. The second kappa shape index (κ2) is 12.2. The summed E-state index contributed by atoms with van der Waals surface area (Å²) >= 11 is 0.